The number of hydrogen-bond donors (Lipinski definition) is 0. The number of rotatable bonds is 3. The highest BCUT2D eigenvalue weighted by Crippen LogP contribution is 2.20. The zero-order chi connectivity index (χ0) is 18.9. The highest BCUT2D eigenvalue weighted by molar-refractivity contribution is 5.80. The first-order valence-electron chi connectivity index (χ1n) is 9.63. The Labute approximate surface area is 162 Å². The maximum absolute atomic E-state index is 12.9. The number of nitrogens with zero attached hydrogens (tertiary/aromatic N) is 6. The van der Waals surface area contributed by atoms with Gasteiger partial charge < -0.3 is 19.1 Å². The number of hydrogen-bond acceptors (Lipinski definition) is 6. The molecule has 0 radical (unpaired) electrons. The third-order valence-electron chi connectivity index (χ3n) is 5.41. The van der Waals surface area contributed by atoms with Crippen molar-refractivity contribution < 1.29 is 9.53 Å². The van der Waals surface area contributed by atoms with Crippen LogP contribution in [0.25, 0.3) is 11.0 Å². The number of ether oxygens (including phenoxy) is 1. The lowest BCUT2D eigenvalue weighted by atomic mass is 10.1. The zero-order valence-electron chi connectivity index (χ0n) is 15.6. The molecular formula is C20H22N6O2. The molecule has 2 aliphatic rings. The summed E-state index contributed by atoms with van der Waals surface area (Å²) < 4.78 is 7.31. The van der Waals surface area contributed by atoms with Crippen LogP contribution in [0.2, 0.25) is 0 Å². The van der Waals surface area contributed by atoms with E-state index < -0.39 is 0 Å². The summed E-state index contributed by atoms with van der Waals surface area (Å²) in [5, 5.41) is 0. The Hall–Kier alpha value is -3.00. The zero-order valence-corrected chi connectivity index (χ0v) is 15.6. The molecular weight excluding hydrogens is 356 g/mol. The van der Waals surface area contributed by atoms with Gasteiger partial charge in [0.15, 0.2) is 0 Å². The van der Waals surface area contributed by atoms with Gasteiger partial charge in [-0.15, -0.1) is 0 Å². The number of carbonyl (C=O) groups excluding carboxylic acids is 1. The summed E-state index contributed by atoms with van der Waals surface area (Å²) in [4.78, 5) is 30.6. The van der Waals surface area contributed by atoms with E-state index in [1.54, 1.807) is 6.33 Å². The van der Waals surface area contributed by atoms with E-state index in [1.165, 1.54) is 0 Å². The molecule has 3 aromatic rings. The Morgan fingerprint density at radius 2 is 1.96 bits per heavy atom. The van der Waals surface area contributed by atoms with Gasteiger partial charge in [0.25, 0.3) is 0 Å². The number of para-hydroxylation sites is 2. The van der Waals surface area contributed by atoms with Crippen LogP contribution < -0.4 is 4.90 Å². The number of imidazole rings is 1. The Bertz CT molecular complexity index is 1010. The lowest BCUT2D eigenvalue weighted by Gasteiger charge is -2.31. The third kappa shape index (κ3) is 3.20. The number of anilines is 1. The average Bonchev–Trinajstić information content (AvgIpc) is 3.16. The molecule has 0 aliphatic carbocycles. The molecule has 0 unspecified atom stereocenters. The van der Waals surface area contributed by atoms with Crippen LogP contribution in [0.4, 0.5) is 5.95 Å². The molecule has 0 atom stereocenters. The predicted molar refractivity (Wildman–Crippen MR) is 104 cm³/mol. The average molecular weight is 378 g/mol. The quantitative estimate of drug-likeness (QED) is 0.683. The fourth-order valence-corrected chi connectivity index (χ4v) is 3.80. The van der Waals surface area contributed by atoms with E-state index in [9.17, 15) is 4.79 Å². The molecule has 4 heterocycles. The highest BCUT2D eigenvalue weighted by Gasteiger charge is 2.24. The SMILES string of the molecule is O=C(Cn1cnc2ccccc21)N1CCc2cnc(N3CCOCC3)nc2C1. The molecule has 2 aliphatic heterocycles. The molecule has 0 N–H and O–H groups in total. The number of aromatic nitrogens is 4. The molecule has 28 heavy (non-hydrogen) atoms. The van der Waals surface area contributed by atoms with Crippen molar-refractivity contribution in [1.82, 2.24) is 24.4 Å². The Kier molecular flexibility index (Phi) is 4.40. The monoisotopic (exact) mass is 378 g/mol. The lowest BCUT2D eigenvalue weighted by molar-refractivity contribution is -0.132. The van der Waals surface area contributed by atoms with Crippen LogP contribution >= 0.6 is 0 Å². The molecule has 0 bridgehead atoms. The molecule has 8 heteroatoms. The third-order valence-corrected chi connectivity index (χ3v) is 5.41. The molecule has 2 aromatic heterocycles. The second-order valence-corrected chi connectivity index (χ2v) is 7.17. The number of carbonyl (C=O) groups is 1. The van der Waals surface area contributed by atoms with E-state index in [0.29, 0.717) is 26.3 Å². The second-order valence-electron chi connectivity index (χ2n) is 7.17. The summed E-state index contributed by atoms with van der Waals surface area (Å²) >= 11 is 0. The van der Waals surface area contributed by atoms with Crippen molar-refractivity contribution >= 4 is 22.9 Å². The number of fused-ring (bicyclic) bond motifs is 2. The Balaban J connectivity index is 1.32. The van der Waals surface area contributed by atoms with Gasteiger partial charge in [-0.2, -0.15) is 0 Å². The molecule has 1 saturated heterocycles. The Morgan fingerprint density at radius 3 is 2.86 bits per heavy atom. The minimum atomic E-state index is 0.0836. The maximum Gasteiger partial charge on any atom is 0.242 e. The fourth-order valence-electron chi connectivity index (χ4n) is 3.80. The molecule has 0 saturated carbocycles. The van der Waals surface area contributed by atoms with Gasteiger partial charge in [0.05, 0.1) is 42.8 Å². The first-order valence-corrected chi connectivity index (χ1v) is 9.63. The summed E-state index contributed by atoms with van der Waals surface area (Å²) in [6.07, 6.45) is 4.44. The van der Waals surface area contributed by atoms with Crippen molar-refractivity contribution in [2.75, 3.05) is 37.7 Å². The van der Waals surface area contributed by atoms with Crippen molar-refractivity contribution in [3.05, 3.63) is 48.0 Å². The van der Waals surface area contributed by atoms with Gasteiger partial charge >= 0.3 is 0 Å². The fraction of sp³-hybridized carbons (Fsp3) is 0.400. The normalized spacial score (nSPS) is 17.0. The van der Waals surface area contributed by atoms with Crippen molar-refractivity contribution in [2.45, 2.75) is 19.5 Å². The minimum absolute atomic E-state index is 0.0836. The van der Waals surface area contributed by atoms with E-state index in [4.69, 9.17) is 9.72 Å². The second kappa shape index (κ2) is 7.20. The summed E-state index contributed by atoms with van der Waals surface area (Å²) in [7, 11) is 0. The van der Waals surface area contributed by atoms with E-state index in [2.05, 4.69) is 14.9 Å². The van der Waals surface area contributed by atoms with E-state index in [-0.39, 0.29) is 12.5 Å². The minimum Gasteiger partial charge on any atom is -0.378 e. The number of morpholine rings is 1. The molecule has 0 spiro atoms. The van der Waals surface area contributed by atoms with E-state index in [0.717, 1.165) is 47.7 Å². The van der Waals surface area contributed by atoms with Crippen LogP contribution in [0.5, 0.6) is 0 Å². The topological polar surface area (TPSA) is 76.4 Å². The van der Waals surface area contributed by atoms with E-state index >= 15 is 0 Å². The standard InChI is InChI=1S/C20H22N6O2/c27-19(13-26-14-22-16-3-1-2-4-18(16)26)25-6-5-15-11-21-20(23-17(15)12-25)24-7-9-28-10-8-24/h1-4,11,14H,5-10,12-13H2. The molecule has 1 fully saturated rings. The van der Waals surface area contributed by atoms with Gasteiger partial charge in [0.2, 0.25) is 11.9 Å². The summed E-state index contributed by atoms with van der Waals surface area (Å²) in [5.74, 6) is 0.817. The maximum atomic E-state index is 12.9. The largest absolute Gasteiger partial charge is 0.378 e. The van der Waals surface area contributed by atoms with E-state index in [1.807, 2.05) is 39.9 Å². The molecule has 1 amide bonds. The first kappa shape index (κ1) is 17.1. The molecule has 1 aromatic carbocycles. The summed E-state index contributed by atoms with van der Waals surface area (Å²) in [5.41, 5.74) is 3.97. The molecule has 8 nitrogen and oxygen atoms in total. The lowest BCUT2D eigenvalue weighted by Crippen LogP contribution is -2.40. The van der Waals surface area contributed by atoms with Crippen molar-refractivity contribution in [1.29, 1.82) is 0 Å². The van der Waals surface area contributed by atoms with Crippen molar-refractivity contribution in [3.8, 4) is 0 Å². The van der Waals surface area contributed by atoms with Gasteiger partial charge in [-0.25, -0.2) is 15.0 Å². The Morgan fingerprint density at radius 1 is 1.11 bits per heavy atom. The van der Waals surface area contributed by atoms with Crippen LogP contribution in [0.1, 0.15) is 11.3 Å². The van der Waals surface area contributed by atoms with Gasteiger partial charge in [-0.05, 0) is 24.1 Å². The van der Waals surface area contributed by atoms with Crippen LogP contribution in [0, 0.1) is 0 Å². The van der Waals surface area contributed by atoms with Crippen LogP contribution in [-0.2, 0) is 29.0 Å². The smallest absolute Gasteiger partial charge is 0.242 e. The number of amides is 1. The van der Waals surface area contributed by atoms with Crippen LogP contribution in [-0.4, -0.2) is 63.2 Å². The summed E-state index contributed by atoms with van der Waals surface area (Å²) in [6, 6.07) is 7.86. The highest BCUT2D eigenvalue weighted by atomic mass is 16.5. The molecule has 5 rings (SSSR count). The predicted octanol–water partition coefficient (Wildman–Crippen LogP) is 1.25. The first-order chi connectivity index (χ1) is 13.8. The summed E-state index contributed by atoms with van der Waals surface area (Å²) in [6.45, 7) is 4.51. The van der Waals surface area contributed by atoms with Gasteiger partial charge in [-0.3, -0.25) is 4.79 Å². The van der Waals surface area contributed by atoms with Gasteiger partial charge in [0, 0.05) is 25.8 Å². The van der Waals surface area contributed by atoms with Crippen LogP contribution in [0.15, 0.2) is 36.8 Å². The van der Waals surface area contributed by atoms with Gasteiger partial charge in [-0.1, -0.05) is 12.1 Å². The van der Waals surface area contributed by atoms with Crippen LogP contribution in [0.3, 0.4) is 0 Å². The van der Waals surface area contributed by atoms with Gasteiger partial charge in [0.1, 0.15) is 6.54 Å². The molecule has 144 valence electrons. The van der Waals surface area contributed by atoms with Crippen molar-refractivity contribution in [2.24, 2.45) is 0 Å². The van der Waals surface area contributed by atoms with Crippen molar-refractivity contribution in [3.63, 3.8) is 0 Å². The number of benzene rings is 1.